The second kappa shape index (κ2) is 4.85. The van der Waals surface area contributed by atoms with Gasteiger partial charge in [0.05, 0.1) is 5.69 Å². The molecule has 0 amide bonds. The molecule has 5 nitrogen and oxygen atoms in total. The van der Waals surface area contributed by atoms with Crippen LogP contribution in [0.25, 0.3) is 0 Å². The fourth-order valence-electron chi connectivity index (χ4n) is 2.59. The first kappa shape index (κ1) is 13.3. The van der Waals surface area contributed by atoms with E-state index >= 15 is 0 Å². The molecule has 6 heteroatoms. The average Bonchev–Trinajstić information content (AvgIpc) is 2.28. The van der Waals surface area contributed by atoms with Crippen LogP contribution in [-0.2, 0) is 10.0 Å². The van der Waals surface area contributed by atoms with Crippen LogP contribution in [0.15, 0.2) is 23.4 Å². The number of piperidine rings is 1. The first-order valence-electron chi connectivity index (χ1n) is 6.17. The number of anilines is 1. The number of rotatable bonds is 2. The van der Waals surface area contributed by atoms with Crippen LogP contribution in [0.1, 0.15) is 33.1 Å². The van der Waals surface area contributed by atoms with Crippen molar-refractivity contribution in [2.45, 2.75) is 50.1 Å². The lowest BCUT2D eigenvalue weighted by atomic mass is 10.0. The van der Waals surface area contributed by atoms with Gasteiger partial charge < -0.3 is 5.73 Å². The maximum atomic E-state index is 12.6. The number of nitrogens with zero attached hydrogens (tertiary/aromatic N) is 2. The lowest BCUT2D eigenvalue weighted by Crippen LogP contribution is -2.47. The molecule has 0 bridgehead atoms. The van der Waals surface area contributed by atoms with Crippen LogP contribution < -0.4 is 5.73 Å². The van der Waals surface area contributed by atoms with E-state index in [1.807, 2.05) is 13.8 Å². The number of hydrogen-bond donors (Lipinski definition) is 1. The van der Waals surface area contributed by atoms with Crippen LogP contribution in [0.5, 0.6) is 0 Å². The van der Waals surface area contributed by atoms with E-state index in [4.69, 9.17) is 5.73 Å². The van der Waals surface area contributed by atoms with Crippen molar-refractivity contribution in [2.75, 3.05) is 5.73 Å². The molecule has 1 aliphatic rings. The Hall–Kier alpha value is -1.14. The summed E-state index contributed by atoms with van der Waals surface area (Å²) in [6, 6.07) is 1.54. The monoisotopic (exact) mass is 269 g/mol. The molecular weight excluding hydrogens is 250 g/mol. The SMILES string of the molecule is CC1CCCC(C)N1S(=O)(=O)c1cnccc1N. The van der Waals surface area contributed by atoms with Crippen LogP contribution in [0.4, 0.5) is 5.69 Å². The normalized spacial score (nSPS) is 26.1. The smallest absolute Gasteiger partial charge is 0.247 e. The number of aromatic nitrogens is 1. The predicted molar refractivity (Wildman–Crippen MR) is 70.4 cm³/mol. The summed E-state index contributed by atoms with van der Waals surface area (Å²) in [5.41, 5.74) is 6.02. The highest BCUT2D eigenvalue weighted by molar-refractivity contribution is 7.89. The highest BCUT2D eigenvalue weighted by Crippen LogP contribution is 2.31. The van der Waals surface area contributed by atoms with Gasteiger partial charge in [-0.3, -0.25) is 4.98 Å². The third-order valence-electron chi connectivity index (χ3n) is 3.48. The van der Waals surface area contributed by atoms with E-state index < -0.39 is 10.0 Å². The van der Waals surface area contributed by atoms with E-state index in [1.165, 1.54) is 18.5 Å². The standard InChI is InChI=1S/C12H19N3O2S/c1-9-4-3-5-10(2)15(9)18(16,17)12-8-14-7-6-11(12)13/h6-10H,3-5H2,1-2H3,(H2,13,14). The molecular formula is C12H19N3O2S. The van der Waals surface area contributed by atoms with Crippen molar-refractivity contribution >= 4 is 15.7 Å². The van der Waals surface area contributed by atoms with Gasteiger partial charge in [-0.05, 0) is 32.8 Å². The van der Waals surface area contributed by atoms with Crippen LogP contribution in [-0.4, -0.2) is 29.8 Å². The van der Waals surface area contributed by atoms with Gasteiger partial charge in [0.15, 0.2) is 0 Å². The number of pyridine rings is 1. The zero-order valence-electron chi connectivity index (χ0n) is 10.7. The molecule has 2 unspecified atom stereocenters. The van der Waals surface area contributed by atoms with Gasteiger partial charge in [0.1, 0.15) is 4.90 Å². The molecule has 2 N–H and O–H groups in total. The molecule has 100 valence electrons. The van der Waals surface area contributed by atoms with Gasteiger partial charge >= 0.3 is 0 Å². The van der Waals surface area contributed by atoms with Gasteiger partial charge in [-0.2, -0.15) is 4.31 Å². The van der Waals surface area contributed by atoms with Crippen LogP contribution in [0.3, 0.4) is 0 Å². The van der Waals surface area contributed by atoms with Gasteiger partial charge in [0, 0.05) is 24.5 Å². The molecule has 2 atom stereocenters. The number of nitrogens with two attached hydrogens (primary N) is 1. The number of sulfonamides is 1. The highest BCUT2D eigenvalue weighted by atomic mass is 32.2. The minimum Gasteiger partial charge on any atom is -0.398 e. The van der Waals surface area contributed by atoms with E-state index in [1.54, 1.807) is 4.31 Å². The second-order valence-corrected chi connectivity index (χ2v) is 6.69. The number of hydrogen-bond acceptors (Lipinski definition) is 4. The van der Waals surface area contributed by atoms with Crippen LogP contribution in [0, 0.1) is 0 Å². The molecule has 2 rings (SSSR count). The fourth-order valence-corrected chi connectivity index (χ4v) is 4.54. The average molecular weight is 269 g/mol. The first-order chi connectivity index (χ1) is 8.44. The Morgan fingerprint density at radius 2 is 1.94 bits per heavy atom. The Labute approximate surface area is 108 Å². The van der Waals surface area contributed by atoms with E-state index in [0.29, 0.717) is 0 Å². The zero-order chi connectivity index (χ0) is 13.3. The molecule has 0 aliphatic carbocycles. The molecule has 1 saturated heterocycles. The molecule has 1 fully saturated rings. The minimum atomic E-state index is -3.55. The second-order valence-electron chi connectivity index (χ2n) is 4.88. The van der Waals surface area contributed by atoms with E-state index in [2.05, 4.69) is 4.98 Å². The first-order valence-corrected chi connectivity index (χ1v) is 7.61. The quantitative estimate of drug-likeness (QED) is 0.885. The zero-order valence-corrected chi connectivity index (χ0v) is 11.5. The fraction of sp³-hybridized carbons (Fsp3) is 0.583. The molecule has 0 aromatic carbocycles. The van der Waals surface area contributed by atoms with E-state index in [0.717, 1.165) is 19.3 Å². The summed E-state index contributed by atoms with van der Waals surface area (Å²) in [5, 5.41) is 0. The van der Waals surface area contributed by atoms with Crippen molar-refractivity contribution in [1.29, 1.82) is 0 Å². The summed E-state index contributed by atoms with van der Waals surface area (Å²) in [6.45, 7) is 3.89. The van der Waals surface area contributed by atoms with Crippen molar-refractivity contribution in [1.82, 2.24) is 9.29 Å². The maximum Gasteiger partial charge on any atom is 0.247 e. The summed E-state index contributed by atoms with van der Waals surface area (Å²) >= 11 is 0. The maximum absolute atomic E-state index is 12.6. The Morgan fingerprint density at radius 1 is 1.33 bits per heavy atom. The lowest BCUT2D eigenvalue weighted by molar-refractivity contribution is 0.204. The van der Waals surface area contributed by atoms with Crippen molar-refractivity contribution < 1.29 is 8.42 Å². The number of nitrogen functional groups attached to an aromatic ring is 1. The van der Waals surface area contributed by atoms with Crippen LogP contribution in [0.2, 0.25) is 0 Å². The predicted octanol–water partition coefficient (Wildman–Crippen LogP) is 1.62. The Balaban J connectivity index is 2.45. The Kier molecular flexibility index (Phi) is 3.59. The molecule has 0 radical (unpaired) electrons. The molecule has 2 heterocycles. The van der Waals surface area contributed by atoms with E-state index in [-0.39, 0.29) is 22.7 Å². The Bertz CT molecular complexity index is 520. The van der Waals surface area contributed by atoms with Gasteiger partial charge in [0.2, 0.25) is 10.0 Å². The molecule has 0 spiro atoms. The van der Waals surface area contributed by atoms with Gasteiger partial charge in [-0.1, -0.05) is 6.42 Å². The topological polar surface area (TPSA) is 76.3 Å². The van der Waals surface area contributed by atoms with Gasteiger partial charge in [0.25, 0.3) is 0 Å². The van der Waals surface area contributed by atoms with Crippen molar-refractivity contribution in [3.8, 4) is 0 Å². The summed E-state index contributed by atoms with van der Waals surface area (Å²) in [7, 11) is -3.55. The van der Waals surface area contributed by atoms with Gasteiger partial charge in [-0.15, -0.1) is 0 Å². The van der Waals surface area contributed by atoms with Gasteiger partial charge in [-0.25, -0.2) is 8.42 Å². The third kappa shape index (κ3) is 2.22. The molecule has 1 aromatic heterocycles. The summed E-state index contributed by atoms with van der Waals surface area (Å²) in [5.74, 6) is 0. The van der Waals surface area contributed by atoms with Crippen LogP contribution >= 0.6 is 0 Å². The summed E-state index contributed by atoms with van der Waals surface area (Å²) < 4.78 is 26.8. The minimum absolute atomic E-state index is 0.0124. The largest absolute Gasteiger partial charge is 0.398 e. The summed E-state index contributed by atoms with van der Waals surface area (Å²) in [6.07, 6.45) is 5.68. The van der Waals surface area contributed by atoms with Crippen molar-refractivity contribution in [3.05, 3.63) is 18.5 Å². The molecule has 1 aliphatic heterocycles. The summed E-state index contributed by atoms with van der Waals surface area (Å²) in [4.78, 5) is 3.99. The van der Waals surface area contributed by atoms with E-state index in [9.17, 15) is 8.42 Å². The lowest BCUT2D eigenvalue weighted by Gasteiger charge is -2.37. The molecule has 18 heavy (non-hydrogen) atoms. The molecule has 0 saturated carbocycles. The molecule has 1 aromatic rings. The van der Waals surface area contributed by atoms with Crippen molar-refractivity contribution in [3.63, 3.8) is 0 Å². The highest BCUT2D eigenvalue weighted by Gasteiger charge is 2.36. The van der Waals surface area contributed by atoms with Crippen molar-refractivity contribution in [2.24, 2.45) is 0 Å². The Morgan fingerprint density at radius 3 is 2.50 bits per heavy atom. The third-order valence-corrected chi connectivity index (χ3v) is 5.66.